The van der Waals surface area contributed by atoms with Gasteiger partial charge in [-0.1, -0.05) is 23.7 Å². The molecule has 0 radical (unpaired) electrons. The van der Waals surface area contributed by atoms with E-state index in [9.17, 15) is 9.59 Å². The number of rotatable bonds is 1. The molecule has 116 valence electrons. The van der Waals surface area contributed by atoms with Gasteiger partial charge in [0.15, 0.2) is 6.10 Å². The van der Waals surface area contributed by atoms with E-state index in [0.717, 1.165) is 5.56 Å². The Labute approximate surface area is 137 Å². The van der Waals surface area contributed by atoms with Gasteiger partial charge < -0.3 is 10.1 Å². The largest absolute Gasteiger partial charge is 0.480 e. The number of anilines is 2. The van der Waals surface area contributed by atoms with Gasteiger partial charge >= 0.3 is 0 Å². The second-order valence-electron chi connectivity index (χ2n) is 5.55. The van der Waals surface area contributed by atoms with Gasteiger partial charge in [0.05, 0.1) is 11.4 Å². The van der Waals surface area contributed by atoms with Gasteiger partial charge in [-0.3, -0.25) is 14.5 Å². The van der Waals surface area contributed by atoms with Crippen molar-refractivity contribution >= 4 is 34.8 Å². The highest BCUT2D eigenvalue weighted by Gasteiger charge is 2.36. The molecule has 2 aliphatic heterocycles. The molecular weight excluding hydrogens is 316 g/mol. The number of nitrogens with zero attached hydrogens (tertiary/aromatic N) is 1. The molecule has 0 aliphatic carbocycles. The van der Waals surface area contributed by atoms with Crippen LogP contribution in [0.2, 0.25) is 5.02 Å². The van der Waals surface area contributed by atoms with Crippen LogP contribution in [0, 0.1) is 0 Å². The minimum atomic E-state index is -0.637. The summed E-state index contributed by atoms with van der Waals surface area (Å²) in [5.41, 5.74) is 2.23. The van der Waals surface area contributed by atoms with Crippen LogP contribution in [-0.2, 0) is 16.0 Å². The standard InChI is InChI=1S/C17H13ClN2O3/c18-11-5-6-14-10(7-11)8-15(23-14)17(22)20-9-16(21)19-12-3-1-2-4-13(12)20/h1-7,15H,8-9H2,(H,19,21)/t15-/m1/s1. The minimum absolute atomic E-state index is 0.00713. The Hall–Kier alpha value is -2.53. The first-order valence-corrected chi connectivity index (χ1v) is 7.65. The molecule has 0 saturated heterocycles. The fourth-order valence-corrected chi connectivity index (χ4v) is 3.15. The monoisotopic (exact) mass is 328 g/mol. The predicted octanol–water partition coefficient (Wildman–Crippen LogP) is 2.63. The van der Waals surface area contributed by atoms with Crippen molar-refractivity contribution in [2.45, 2.75) is 12.5 Å². The van der Waals surface area contributed by atoms with Crippen molar-refractivity contribution in [1.29, 1.82) is 0 Å². The maximum Gasteiger partial charge on any atom is 0.268 e. The molecule has 0 spiro atoms. The molecule has 23 heavy (non-hydrogen) atoms. The van der Waals surface area contributed by atoms with Crippen LogP contribution in [0.15, 0.2) is 42.5 Å². The number of hydrogen-bond acceptors (Lipinski definition) is 3. The zero-order valence-electron chi connectivity index (χ0n) is 12.1. The summed E-state index contributed by atoms with van der Waals surface area (Å²) in [5.74, 6) is 0.234. The third kappa shape index (κ3) is 2.43. The first-order chi connectivity index (χ1) is 11.1. The number of amides is 2. The van der Waals surface area contributed by atoms with Crippen LogP contribution >= 0.6 is 11.6 Å². The van der Waals surface area contributed by atoms with E-state index in [0.29, 0.717) is 28.6 Å². The molecule has 0 saturated carbocycles. The fourth-order valence-electron chi connectivity index (χ4n) is 2.96. The van der Waals surface area contributed by atoms with Gasteiger partial charge in [-0.2, -0.15) is 0 Å². The van der Waals surface area contributed by atoms with E-state index >= 15 is 0 Å². The highest BCUT2D eigenvalue weighted by Crippen LogP contribution is 2.34. The van der Waals surface area contributed by atoms with E-state index in [-0.39, 0.29) is 18.4 Å². The summed E-state index contributed by atoms with van der Waals surface area (Å²) in [6.45, 7) is -0.00713. The third-order valence-corrected chi connectivity index (χ3v) is 4.24. The summed E-state index contributed by atoms with van der Waals surface area (Å²) in [6, 6.07) is 12.5. The molecule has 5 nitrogen and oxygen atoms in total. The molecule has 0 unspecified atom stereocenters. The zero-order valence-corrected chi connectivity index (χ0v) is 12.8. The summed E-state index contributed by atoms with van der Waals surface area (Å²) < 4.78 is 5.75. The van der Waals surface area contributed by atoms with Crippen LogP contribution in [0.25, 0.3) is 0 Å². The lowest BCUT2D eigenvalue weighted by molar-refractivity contribution is -0.126. The normalized spacial score (nSPS) is 18.7. The van der Waals surface area contributed by atoms with Crippen molar-refractivity contribution in [2.24, 2.45) is 0 Å². The number of ether oxygens (including phenoxy) is 1. The second kappa shape index (κ2) is 5.28. The number of carbonyl (C=O) groups is 2. The van der Waals surface area contributed by atoms with Crippen molar-refractivity contribution in [1.82, 2.24) is 0 Å². The molecular formula is C17H13ClN2O3. The quantitative estimate of drug-likeness (QED) is 0.875. The molecule has 2 heterocycles. The molecule has 0 bridgehead atoms. The molecule has 4 rings (SSSR count). The van der Waals surface area contributed by atoms with Gasteiger partial charge in [0.2, 0.25) is 5.91 Å². The SMILES string of the molecule is O=C1CN(C(=O)[C@H]2Cc3cc(Cl)ccc3O2)c2ccccc2N1. The number of halogens is 1. The Bertz CT molecular complexity index is 821. The Morgan fingerprint density at radius 3 is 2.96 bits per heavy atom. The number of benzene rings is 2. The lowest BCUT2D eigenvalue weighted by atomic mass is 10.1. The van der Waals surface area contributed by atoms with E-state index in [1.54, 1.807) is 24.3 Å². The van der Waals surface area contributed by atoms with E-state index in [1.165, 1.54) is 4.90 Å². The van der Waals surface area contributed by atoms with Gasteiger partial charge in [-0.05, 0) is 35.9 Å². The smallest absolute Gasteiger partial charge is 0.268 e. The number of para-hydroxylation sites is 2. The Morgan fingerprint density at radius 2 is 2.09 bits per heavy atom. The van der Waals surface area contributed by atoms with E-state index < -0.39 is 6.10 Å². The van der Waals surface area contributed by atoms with Gasteiger partial charge in [-0.15, -0.1) is 0 Å². The maximum absolute atomic E-state index is 12.9. The van der Waals surface area contributed by atoms with Crippen molar-refractivity contribution < 1.29 is 14.3 Å². The molecule has 0 aromatic heterocycles. The summed E-state index contributed by atoms with van der Waals surface area (Å²) >= 11 is 5.98. The third-order valence-electron chi connectivity index (χ3n) is 4.01. The molecule has 2 aromatic carbocycles. The lowest BCUT2D eigenvalue weighted by Crippen LogP contribution is -2.47. The summed E-state index contributed by atoms with van der Waals surface area (Å²) in [7, 11) is 0. The second-order valence-corrected chi connectivity index (χ2v) is 5.99. The van der Waals surface area contributed by atoms with E-state index in [4.69, 9.17) is 16.3 Å². The highest BCUT2D eigenvalue weighted by molar-refractivity contribution is 6.30. The van der Waals surface area contributed by atoms with Gasteiger partial charge in [-0.25, -0.2) is 0 Å². The van der Waals surface area contributed by atoms with Crippen LogP contribution < -0.4 is 15.0 Å². The molecule has 2 aliphatic rings. The number of nitrogens with one attached hydrogen (secondary N) is 1. The van der Waals surface area contributed by atoms with Crippen LogP contribution in [0.4, 0.5) is 11.4 Å². The van der Waals surface area contributed by atoms with Crippen molar-refractivity contribution in [2.75, 3.05) is 16.8 Å². The molecule has 6 heteroatoms. The van der Waals surface area contributed by atoms with E-state index in [1.807, 2.05) is 18.2 Å². The molecule has 1 N–H and O–H groups in total. The Morgan fingerprint density at radius 1 is 1.26 bits per heavy atom. The van der Waals surface area contributed by atoms with Crippen molar-refractivity contribution in [3.63, 3.8) is 0 Å². The van der Waals surface area contributed by atoms with Gasteiger partial charge in [0.1, 0.15) is 12.3 Å². The lowest BCUT2D eigenvalue weighted by Gasteiger charge is -2.30. The van der Waals surface area contributed by atoms with Gasteiger partial charge in [0.25, 0.3) is 5.91 Å². The topological polar surface area (TPSA) is 58.6 Å². The summed E-state index contributed by atoms with van der Waals surface area (Å²) in [5, 5.41) is 3.38. The first-order valence-electron chi connectivity index (χ1n) is 7.27. The van der Waals surface area contributed by atoms with Crippen LogP contribution in [-0.4, -0.2) is 24.5 Å². The highest BCUT2D eigenvalue weighted by atomic mass is 35.5. The molecule has 1 atom stereocenters. The average Bonchev–Trinajstić information content (AvgIpc) is 2.96. The average molecular weight is 329 g/mol. The minimum Gasteiger partial charge on any atom is -0.480 e. The summed E-state index contributed by atoms with van der Waals surface area (Å²) in [6.07, 6.45) is -0.183. The number of carbonyl (C=O) groups excluding carboxylic acids is 2. The molecule has 2 amide bonds. The molecule has 2 aromatic rings. The Kier molecular flexibility index (Phi) is 3.23. The predicted molar refractivity (Wildman–Crippen MR) is 87.0 cm³/mol. The van der Waals surface area contributed by atoms with Crippen molar-refractivity contribution in [3.8, 4) is 5.75 Å². The Balaban J connectivity index is 1.62. The van der Waals surface area contributed by atoms with Gasteiger partial charge in [0, 0.05) is 11.4 Å². The summed E-state index contributed by atoms with van der Waals surface area (Å²) in [4.78, 5) is 26.2. The maximum atomic E-state index is 12.9. The van der Waals surface area contributed by atoms with E-state index in [2.05, 4.69) is 5.32 Å². The zero-order chi connectivity index (χ0) is 16.0. The number of fused-ring (bicyclic) bond motifs is 2. The first kappa shape index (κ1) is 14.1. The van der Waals surface area contributed by atoms with Crippen LogP contribution in [0.5, 0.6) is 5.75 Å². The number of hydrogen-bond donors (Lipinski definition) is 1. The van der Waals surface area contributed by atoms with Crippen molar-refractivity contribution in [3.05, 3.63) is 53.1 Å². The van der Waals surface area contributed by atoms with Crippen LogP contribution in [0.1, 0.15) is 5.56 Å². The van der Waals surface area contributed by atoms with Crippen LogP contribution in [0.3, 0.4) is 0 Å². The molecule has 0 fully saturated rings. The fraction of sp³-hybridized carbons (Fsp3) is 0.176.